The van der Waals surface area contributed by atoms with E-state index in [9.17, 15) is 4.79 Å². The molecule has 2 aromatic heterocycles. The summed E-state index contributed by atoms with van der Waals surface area (Å²) in [5, 5.41) is 21.5. The first-order valence-corrected chi connectivity index (χ1v) is 8.25. The van der Waals surface area contributed by atoms with E-state index < -0.39 is 5.54 Å². The Morgan fingerprint density at radius 2 is 2.17 bits per heavy atom. The lowest BCUT2D eigenvalue weighted by atomic mass is 9.82. The molecular weight excluding hydrogens is 309 g/mol. The van der Waals surface area contributed by atoms with Crippen molar-refractivity contribution in [1.29, 1.82) is 5.41 Å². The normalized spacial score (nSPS) is 24.7. The van der Waals surface area contributed by atoms with Crippen LogP contribution < -0.4 is 10.9 Å². The first kappa shape index (κ1) is 15.7. The van der Waals surface area contributed by atoms with E-state index in [1.165, 1.54) is 4.90 Å². The van der Waals surface area contributed by atoms with Crippen molar-refractivity contribution in [3.05, 3.63) is 28.5 Å². The molecule has 2 atom stereocenters. The van der Waals surface area contributed by atoms with E-state index in [0.29, 0.717) is 0 Å². The fourth-order valence-corrected chi connectivity index (χ4v) is 3.77. The highest BCUT2D eigenvalue weighted by molar-refractivity contribution is 7.10. The number of amides is 1. The number of guanidine groups is 1. The molecule has 3 rings (SSSR count). The summed E-state index contributed by atoms with van der Waals surface area (Å²) in [5.41, 5.74) is 2.07. The first-order valence-electron chi connectivity index (χ1n) is 7.37. The zero-order valence-corrected chi connectivity index (χ0v) is 14.4. The number of aromatic nitrogens is 2. The van der Waals surface area contributed by atoms with Gasteiger partial charge < -0.3 is 5.32 Å². The maximum absolute atomic E-state index is 12.4. The van der Waals surface area contributed by atoms with Crippen LogP contribution >= 0.6 is 11.3 Å². The van der Waals surface area contributed by atoms with Crippen molar-refractivity contribution in [2.75, 3.05) is 7.05 Å². The van der Waals surface area contributed by atoms with Crippen molar-refractivity contribution in [1.82, 2.24) is 20.4 Å². The average Bonchev–Trinajstić information content (AvgIpc) is 3.02. The zero-order valence-electron chi connectivity index (χ0n) is 13.5. The fourth-order valence-electron chi connectivity index (χ4n) is 2.66. The third-order valence-corrected chi connectivity index (χ3v) is 5.65. The molecule has 1 aliphatic rings. The van der Waals surface area contributed by atoms with E-state index in [-0.39, 0.29) is 17.8 Å². The van der Waals surface area contributed by atoms with Gasteiger partial charge in [-0.15, -0.1) is 11.3 Å². The highest BCUT2D eigenvalue weighted by Gasteiger charge is 2.45. The van der Waals surface area contributed by atoms with Gasteiger partial charge in [0.2, 0.25) is 5.91 Å². The van der Waals surface area contributed by atoms with Crippen LogP contribution in [0.2, 0.25) is 0 Å². The second-order valence-corrected chi connectivity index (χ2v) is 6.97. The minimum absolute atomic E-state index is 0.0543. The van der Waals surface area contributed by atoms with Crippen LogP contribution in [0.15, 0.2) is 23.6 Å². The van der Waals surface area contributed by atoms with Crippen molar-refractivity contribution in [3.63, 3.8) is 0 Å². The van der Waals surface area contributed by atoms with E-state index in [0.717, 1.165) is 21.7 Å². The second kappa shape index (κ2) is 5.45. The number of nitrogens with one attached hydrogen (secondary N) is 2. The molecule has 0 aliphatic carbocycles. The minimum Gasteiger partial charge on any atom is -0.345 e. The van der Waals surface area contributed by atoms with Crippen molar-refractivity contribution in [2.45, 2.75) is 19.4 Å². The molecule has 1 fully saturated rings. The molecule has 3 heterocycles. The molecule has 1 unspecified atom stereocenters. The van der Waals surface area contributed by atoms with E-state index in [4.69, 9.17) is 5.41 Å². The zero-order chi connectivity index (χ0) is 16.8. The summed E-state index contributed by atoms with van der Waals surface area (Å²) in [6, 6.07) is 5.89. The molecule has 8 heteroatoms. The SMILES string of the molecule is Bc1ccc(-c2csc([C@@]3(C)NC(=N)N(C)C(=O)C3C)c2)nn1. The summed E-state index contributed by atoms with van der Waals surface area (Å²) in [5.74, 6) is -0.195. The average molecular weight is 327 g/mol. The number of rotatable bonds is 2. The summed E-state index contributed by atoms with van der Waals surface area (Å²) < 4.78 is 0. The molecule has 2 aromatic rings. The smallest absolute Gasteiger partial charge is 0.234 e. The van der Waals surface area contributed by atoms with Crippen LogP contribution in [0.5, 0.6) is 0 Å². The van der Waals surface area contributed by atoms with Crippen LogP contribution in [0.3, 0.4) is 0 Å². The number of hydrogen-bond donors (Lipinski definition) is 2. The maximum atomic E-state index is 12.4. The van der Waals surface area contributed by atoms with Crippen LogP contribution in [0.1, 0.15) is 18.7 Å². The predicted octanol–water partition coefficient (Wildman–Crippen LogP) is 0.311. The third-order valence-electron chi connectivity index (χ3n) is 4.49. The van der Waals surface area contributed by atoms with Gasteiger partial charge in [0.05, 0.1) is 17.2 Å². The summed E-state index contributed by atoms with van der Waals surface area (Å²) in [7, 11) is 3.52. The quantitative estimate of drug-likeness (QED) is 0.778. The van der Waals surface area contributed by atoms with Crippen molar-refractivity contribution < 1.29 is 4.79 Å². The van der Waals surface area contributed by atoms with Crippen LogP contribution in [0.4, 0.5) is 0 Å². The Kier molecular flexibility index (Phi) is 3.71. The van der Waals surface area contributed by atoms with Gasteiger partial charge in [-0.1, -0.05) is 6.92 Å². The van der Waals surface area contributed by atoms with E-state index >= 15 is 0 Å². The van der Waals surface area contributed by atoms with Gasteiger partial charge in [0.15, 0.2) is 13.8 Å². The van der Waals surface area contributed by atoms with Crippen LogP contribution in [0, 0.1) is 11.3 Å². The summed E-state index contributed by atoms with van der Waals surface area (Å²) in [6.45, 7) is 3.86. The fraction of sp³-hybridized carbons (Fsp3) is 0.333. The highest BCUT2D eigenvalue weighted by Crippen LogP contribution is 2.38. The van der Waals surface area contributed by atoms with Gasteiger partial charge in [-0.05, 0) is 25.1 Å². The minimum atomic E-state index is -0.596. The highest BCUT2D eigenvalue weighted by atomic mass is 32.1. The molecular formula is C15H18BN5OS. The molecule has 0 radical (unpaired) electrons. The van der Waals surface area contributed by atoms with Crippen molar-refractivity contribution in [2.24, 2.45) is 5.92 Å². The Bertz CT molecular complexity index is 774. The van der Waals surface area contributed by atoms with Gasteiger partial charge in [0, 0.05) is 28.5 Å². The maximum Gasteiger partial charge on any atom is 0.234 e. The van der Waals surface area contributed by atoms with Gasteiger partial charge in [-0.25, -0.2) is 0 Å². The third kappa shape index (κ3) is 2.52. The molecule has 0 aromatic carbocycles. The summed E-state index contributed by atoms with van der Waals surface area (Å²) >= 11 is 1.57. The lowest BCUT2D eigenvalue weighted by Crippen LogP contribution is -2.62. The molecule has 0 bridgehead atoms. The lowest BCUT2D eigenvalue weighted by molar-refractivity contribution is -0.134. The monoisotopic (exact) mass is 327 g/mol. The van der Waals surface area contributed by atoms with Crippen molar-refractivity contribution >= 4 is 36.6 Å². The molecule has 2 N–H and O–H groups in total. The molecule has 1 saturated heterocycles. The van der Waals surface area contributed by atoms with Gasteiger partial charge in [-0.2, -0.15) is 10.2 Å². The number of hydrogen-bond acceptors (Lipinski definition) is 5. The first-order chi connectivity index (χ1) is 10.8. The van der Waals surface area contributed by atoms with Crippen LogP contribution in [-0.2, 0) is 10.3 Å². The topological polar surface area (TPSA) is 82.0 Å². The Morgan fingerprint density at radius 3 is 2.83 bits per heavy atom. The molecule has 118 valence electrons. The van der Waals surface area contributed by atoms with Gasteiger partial charge >= 0.3 is 0 Å². The molecule has 1 amide bonds. The largest absolute Gasteiger partial charge is 0.345 e. The Balaban J connectivity index is 1.97. The predicted molar refractivity (Wildman–Crippen MR) is 93.7 cm³/mol. The second-order valence-electron chi connectivity index (χ2n) is 6.05. The standard InChI is InChI=1S/C15H18BN5OS/c1-8-13(22)21(3)14(17)18-15(8,2)11-6-9(7-23-11)10-4-5-12(16)20-19-10/h4-8H,16H2,1-3H3,(H2,17,18)/t8?,15-/m0/s1. The molecule has 0 saturated carbocycles. The number of carbonyl (C=O) groups is 1. The van der Waals surface area contributed by atoms with Gasteiger partial charge in [0.25, 0.3) is 0 Å². The molecule has 1 aliphatic heterocycles. The molecule has 6 nitrogen and oxygen atoms in total. The van der Waals surface area contributed by atoms with Crippen molar-refractivity contribution in [3.8, 4) is 11.3 Å². The van der Waals surface area contributed by atoms with E-state index in [2.05, 4.69) is 15.5 Å². The number of thiophene rings is 1. The molecule has 23 heavy (non-hydrogen) atoms. The summed E-state index contributed by atoms with van der Waals surface area (Å²) in [6.07, 6.45) is 0. The Hall–Kier alpha value is -2.22. The Morgan fingerprint density at radius 1 is 1.43 bits per heavy atom. The number of carbonyl (C=O) groups excluding carboxylic acids is 1. The van der Waals surface area contributed by atoms with E-state index in [1.807, 2.05) is 45.3 Å². The lowest BCUT2D eigenvalue weighted by Gasteiger charge is -2.43. The van der Waals surface area contributed by atoms with E-state index in [1.54, 1.807) is 18.4 Å². The number of nitrogens with zero attached hydrogens (tertiary/aromatic N) is 3. The van der Waals surface area contributed by atoms with Crippen LogP contribution in [0.25, 0.3) is 11.3 Å². The van der Waals surface area contributed by atoms with Crippen LogP contribution in [-0.4, -0.2) is 41.9 Å². The Labute approximate surface area is 139 Å². The molecule has 0 spiro atoms. The van der Waals surface area contributed by atoms with Gasteiger partial charge in [-0.3, -0.25) is 15.1 Å². The summed E-state index contributed by atoms with van der Waals surface area (Å²) in [4.78, 5) is 14.7. The van der Waals surface area contributed by atoms with Gasteiger partial charge in [0.1, 0.15) is 0 Å².